The Morgan fingerprint density at radius 3 is 2.58 bits per heavy atom. The SMILES string of the molecule is Cc1ccc(-c2ccc(-c3cc(C(=O)[O-])c4ccccc4n3)o2)c(Br)c1. The number of pyridine rings is 1. The number of carboxylic acid groups (broad SMARTS) is 1. The molecule has 4 aromatic rings. The van der Waals surface area contributed by atoms with E-state index in [0.29, 0.717) is 28.1 Å². The summed E-state index contributed by atoms with van der Waals surface area (Å²) in [5, 5.41) is 12.1. The second kappa shape index (κ2) is 6.42. The van der Waals surface area contributed by atoms with Crippen LogP contribution in [0.2, 0.25) is 0 Å². The Bertz CT molecular complexity index is 1150. The Labute approximate surface area is 158 Å². The molecule has 0 aliphatic rings. The number of fused-ring (bicyclic) bond motifs is 1. The number of hydrogen-bond acceptors (Lipinski definition) is 4. The monoisotopic (exact) mass is 406 g/mol. The Morgan fingerprint density at radius 1 is 1.04 bits per heavy atom. The molecule has 0 saturated carbocycles. The van der Waals surface area contributed by atoms with Crippen molar-refractivity contribution in [2.75, 3.05) is 0 Å². The third-order valence-corrected chi connectivity index (χ3v) is 4.84. The molecule has 0 aliphatic carbocycles. The van der Waals surface area contributed by atoms with Crippen molar-refractivity contribution in [1.29, 1.82) is 0 Å². The van der Waals surface area contributed by atoms with Gasteiger partial charge in [0.1, 0.15) is 11.5 Å². The van der Waals surface area contributed by atoms with Gasteiger partial charge in [-0.25, -0.2) is 4.98 Å². The third-order valence-electron chi connectivity index (χ3n) is 4.18. The molecule has 2 aromatic carbocycles. The van der Waals surface area contributed by atoms with Gasteiger partial charge in [-0.3, -0.25) is 0 Å². The van der Waals surface area contributed by atoms with E-state index in [1.165, 1.54) is 6.07 Å². The predicted octanol–water partition coefficient (Wildman–Crippen LogP) is 4.60. The van der Waals surface area contributed by atoms with Crippen molar-refractivity contribution in [2.24, 2.45) is 0 Å². The summed E-state index contributed by atoms with van der Waals surface area (Å²) >= 11 is 3.55. The highest BCUT2D eigenvalue weighted by Crippen LogP contribution is 2.34. The lowest BCUT2D eigenvalue weighted by Gasteiger charge is -2.09. The molecule has 0 bridgehead atoms. The lowest BCUT2D eigenvalue weighted by molar-refractivity contribution is -0.254. The zero-order chi connectivity index (χ0) is 18.3. The van der Waals surface area contributed by atoms with Crippen molar-refractivity contribution in [3.8, 4) is 22.8 Å². The van der Waals surface area contributed by atoms with Crippen LogP contribution in [0.1, 0.15) is 15.9 Å². The van der Waals surface area contributed by atoms with Crippen LogP contribution in [0.3, 0.4) is 0 Å². The van der Waals surface area contributed by atoms with Gasteiger partial charge >= 0.3 is 0 Å². The highest BCUT2D eigenvalue weighted by atomic mass is 79.9. The maximum Gasteiger partial charge on any atom is 0.153 e. The first kappa shape index (κ1) is 16.5. The summed E-state index contributed by atoms with van der Waals surface area (Å²) in [5.41, 5.74) is 3.20. The van der Waals surface area contributed by atoms with Crippen LogP contribution in [0.15, 0.2) is 69.6 Å². The number of benzene rings is 2. The zero-order valence-corrected chi connectivity index (χ0v) is 15.4. The number of furan rings is 1. The number of carbonyl (C=O) groups excluding carboxylic acids is 1. The summed E-state index contributed by atoms with van der Waals surface area (Å²) in [6, 6.07) is 18.2. The van der Waals surface area contributed by atoms with Crippen LogP contribution in [0.5, 0.6) is 0 Å². The smallest absolute Gasteiger partial charge is 0.153 e. The highest BCUT2D eigenvalue weighted by molar-refractivity contribution is 9.10. The Kier molecular flexibility index (Phi) is 4.09. The van der Waals surface area contributed by atoms with E-state index in [2.05, 4.69) is 20.9 Å². The van der Waals surface area contributed by atoms with Crippen molar-refractivity contribution >= 4 is 32.8 Å². The molecule has 0 radical (unpaired) electrons. The topological polar surface area (TPSA) is 66.2 Å². The van der Waals surface area contributed by atoms with Crippen LogP contribution < -0.4 is 5.11 Å². The maximum absolute atomic E-state index is 11.5. The number of halogens is 1. The van der Waals surface area contributed by atoms with Gasteiger partial charge in [0.15, 0.2) is 5.76 Å². The predicted molar refractivity (Wildman–Crippen MR) is 102 cm³/mol. The van der Waals surface area contributed by atoms with Crippen molar-refractivity contribution < 1.29 is 14.3 Å². The average molecular weight is 407 g/mol. The van der Waals surface area contributed by atoms with Crippen LogP contribution in [0, 0.1) is 6.92 Å². The Morgan fingerprint density at radius 2 is 1.81 bits per heavy atom. The van der Waals surface area contributed by atoms with Gasteiger partial charge in [-0.05, 0) is 48.9 Å². The largest absolute Gasteiger partial charge is 0.545 e. The Hall–Kier alpha value is -2.92. The highest BCUT2D eigenvalue weighted by Gasteiger charge is 2.13. The van der Waals surface area contributed by atoms with Crippen LogP contribution in [-0.2, 0) is 0 Å². The van der Waals surface area contributed by atoms with Gasteiger partial charge in [0, 0.05) is 21.0 Å². The molecular weight excluding hydrogens is 394 g/mol. The molecule has 26 heavy (non-hydrogen) atoms. The lowest BCUT2D eigenvalue weighted by Crippen LogP contribution is -2.22. The number of hydrogen-bond donors (Lipinski definition) is 0. The average Bonchev–Trinajstić information content (AvgIpc) is 3.10. The van der Waals surface area contributed by atoms with E-state index in [-0.39, 0.29) is 5.56 Å². The molecular formula is C21H13BrNO3-. The van der Waals surface area contributed by atoms with Crippen LogP contribution in [-0.4, -0.2) is 11.0 Å². The van der Waals surface area contributed by atoms with Crippen LogP contribution >= 0.6 is 15.9 Å². The second-order valence-electron chi connectivity index (χ2n) is 6.01. The number of carboxylic acids is 1. The molecule has 4 nitrogen and oxygen atoms in total. The second-order valence-corrected chi connectivity index (χ2v) is 6.86. The van der Waals surface area contributed by atoms with E-state index >= 15 is 0 Å². The normalized spacial score (nSPS) is 11.0. The number of aromatic carboxylic acids is 1. The van der Waals surface area contributed by atoms with Gasteiger partial charge in [0.25, 0.3) is 0 Å². The van der Waals surface area contributed by atoms with E-state index in [0.717, 1.165) is 15.6 Å². The summed E-state index contributed by atoms with van der Waals surface area (Å²) in [6.07, 6.45) is 0. The maximum atomic E-state index is 11.5. The molecule has 2 heterocycles. The summed E-state index contributed by atoms with van der Waals surface area (Å²) < 4.78 is 6.89. The van der Waals surface area contributed by atoms with Gasteiger partial charge in [-0.1, -0.05) is 40.2 Å². The fourth-order valence-corrected chi connectivity index (χ4v) is 3.60. The third kappa shape index (κ3) is 2.91. The summed E-state index contributed by atoms with van der Waals surface area (Å²) in [5.74, 6) is -0.0597. The minimum absolute atomic E-state index is 0.0973. The van der Waals surface area contributed by atoms with Gasteiger partial charge < -0.3 is 14.3 Å². The minimum atomic E-state index is -1.24. The lowest BCUT2D eigenvalue weighted by atomic mass is 10.1. The molecule has 4 rings (SSSR count). The molecule has 0 fully saturated rings. The van der Waals surface area contributed by atoms with Gasteiger partial charge in [0.05, 0.1) is 11.5 Å². The summed E-state index contributed by atoms with van der Waals surface area (Å²) in [7, 11) is 0. The van der Waals surface area contributed by atoms with E-state index in [1.54, 1.807) is 24.3 Å². The molecule has 0 amide bonds. The van der Waals surface area contributed by atoms with E-state index in [9.17, 15) is 9.90 Å². The molecule has 0 saturated heterocycles. The summed E-state index contributed by atoms with van der Waals surface area (Å²) in [4.78, 5) is 16.1. The Balaban J connectivity index is 1.84. The van der Waals surface area contributed by atoms with Crippen molar-refractivity contribution in [1.82, 2.24) is 4.98 Å². The molecule has 0 aliphatic heterocycles. The van der Waals surface area contributed by atoms with Gasteiger partial charge in [-0.2, -0.15) is 0 Å². The first-order valence-electron chi connectivity index (χ1n) is 8.01. The van der Waals surface area contributed by atoms with E-state index in [1.807, 2.05) is 37.3 Å². The van der Waals surface area contributed by atoms with Gasteiger partial charge in [-0.15, -0.1) is 0 Å². The fourth-order valence-electron chi connectivity index (χ4n) is 2.91. The number of nitrogens with zero attached hydrogens (tertiary/aromatic N) is 1. The molecule has 128 valence electrons. The van der Waals surface area contributed by atoms with Crippen molar-refractivity contribution in [3.63, 3.8) is 0 Å². The number of aryl methyl sites for hydroxylation is 1. The van der Waals surface area contributed by atoms with Crippen LogP contribution in [0.4, 0.5) is 0 Å². The number of aromatic nitrogens is 1. The zero-order valence-electron chi connectivity index (χ0n) is 13.8. The van der Waals surface area contributed by atoms with E-state index < -0.39 is 5.97 Å². The summed E-state index contributed by atoms with van der Waals surface area (Å²) in [6.45, 7) is 2.02. The number of carbonyl (C=O) groups is 1. The standard InChI is InChI=1S/C21H14BrNO3/c1-12-6-7-14(16(22)10-12)19-8-9-20(26-19)18-11-15(21(24)25)13-4-2-3-5-17(13)23-18/h2-11H,1H3,(H,24,25)/p-1. The molecule has 0 atom stereocenters. The number of para-hydroxylation sites is 1. The first-order chi connectivity index (χ1) is 12.5. The fraction of sp³-hybridized carbons (Fsp3) is 0.0476. The van der Waals surface area contributed by atoms with Crippen molar-refractivity contribution in [2.45, 2.75) is 6.92 Å². The van der Waals surface area contributed by atoms with Crippen molar-refractivity contribution in [3.05, 3.63) is 76.3 Å². The first-order valence-corrected chi connectivity index (χ1v) is 8.80. The number of rotatable bonds is 3. The molecule has 2 aromatic heterocycles. The van der Waals surface area contributed by atoms with Crippen LogP contribution in [0.25, 0.3) is 33.7 Å². The van der Waals surface area contributed by atoms with Gasteiger partial charge in [0.2, 0.25) is 0 Å². The quantitative estimate of drug-likeness (QED) is 0.498. The molecule has 5 heteroatoms. The minimum Gasteiger partial charge on any atom is -0.545 e. The molecule has 0 unspecified atom stereocenters. The van der Waals surface area contributed by atoms with E-state index in [4.69, 9.17) is 4.42 Å². The molecule has 0 spiro atoms. The molecule has 0 N–H and O–H groups in total.